The minimum atomic E-state index is -0.983. The van der Waals surface area contributed by atoms with Gasteiger partial charge in [-0.1, -0.05) is 13.8 Å². The van der Waals surface area contributed by atoms with Crippen LogP contribution in [0, 0.1) is 31.1 Å². The second-order valence-corrected chi connectivity index (χ2v) is 8.78. The Labute approximate surface area is 196 Å². The van der Waals surface area contributed by atoms with Crippen molar-refractivity contribution < 1.29 is 28.6 Å². The van der Waals surface area contributed by atoms with E-state index in [9.17, 15) is 19.6 Å². The number of nitriles is 1. The number of ether oxygens (including phenoxy) is 3. The summed E-state index contributed by atoms with van der Waals surface area (Å²) in [6, 6.07) is 5.74. The minimum Gasteiger partial charge on any atom is -0.497 e. The van der Waals surface area contributed by atoms with Crippen molar-refractivity contribution in [2.45, 2.75) is 33.7 Å². The first kappa shape index (κ1) is 25.7. The lowest BCUT2D eigenvalue weighted by molar-refractivity contribution is -0.150. The van der Waals surface area contributed by atoms with Crippen molar-refractivity contribution in [1.29, 1.82) is 5.26 Å². The Bertz CT molecular complexity index is 1060. The molecular weight excluding hydrogens is 446 g/mol. The quantitative estimate of drug-likeness (QED) is 0.536. The first-order valence-electron chi connectivity index (χ1n) is 10.1. The van der Waals surface area contributed by atoms with Crippen LogP contribution in [0.3, 0.4) is 0 Å². The fourth-order valence-corrected chi connectivity index (χ4v) is 3.93. The van der Waals surface area contributed by atoms with Gasteiger partial charge in [0.05, 0.1) is 19.8 Å². The molecule has 0 unspecified atom stereocenters. The molecule has 0 fully saturated rings. The molecule has 0 radical (unpaired) electrons. The number of nitrogens with zero attached hydrogens (tertiary/aromatic N) is 1. The molecule has 1 heterocycles. The van der Waals surface area contributed by atoms with Crippen molar-refractivity contribution in [2.24, 2.45) is 5.92 Å². The van der Waals surface area contributed by atoms with Gasteiger partial charge in [0.15, 0.2) is 6.61 Å². The summed E-state index contributed by atoms with van der Waals surface area (Å²) in [5.41, 5.74) is 1.43. The molecule has 2 N–H and O–H groups in total. The van der Waals surface area contributed by atoms with Crippen LogP contribution in [0.4, 0.5) is 5.00 Å². The summed E-state index contributed by atoms with van der Waals surface area (Å²) in [6.45, 7) is 6.59. The van der Waals surface area contributed by atoms with E-state index in [1.807, 2.05) is 6.92 Å². The molecule has 0 aliphatic heterocycles. The van der Waals surface area contributed by atoms with Crippen LogP contribution in [-0.4, -0.2) is 44.7 Å². The van der Waals surface area contributed by atoms with Gasteiger partial charge in [-0.05, 0) is 37.5 Å². The number of nitrogens with one attached hydrogen (secondary N) is 2. The van der Waals surface area contributed by atoms with E-state index in [1.54, 1.807) is 26.8 Å². The average molecular weight is 474 g/mol. The number of thiophene rings is 1. The number of aryl methyl sites for hydroxylation is 1. The normalized spacial score (nSPS) is 11.3. The zero-order valence-corrected chi connectivity index (χ0v) is 20.2. The number of hydrogen-bond donors (Lipinski definition) is 2. The molecule has 2 aromatic rings. The Hall–Kier alpha value is -3.58. The van der Waals surface area contributed by atoms with Crippen molar-refractivity contribution in [3.05, 3.63) is 39.8 Å². The molecule has 176 valence electrons. The monoisotopic (exact) mass is 473 g/mol. The van der Waals surface area contributed by atoms with Gasteiger partial charge in [-0.25, -0.2) is 4.79 Å². The van der Waals surface area contributed by atoms with Gasteiger partial charge < -0.3 is 24.8 Å². The zero-order valence-electron chi connectivity index (χ0n) is 19.4. The highest BCUT2D eigenvalue weighted by molar-refractivity contribution is 7.16. The molecule has 33 heavy (non-hydrogen) atoms. The van der Waals surface area contributed by atoms with Crippen molar-refractivity contribution in [2.75, 3.05) is 26.1 Å². The number of anilines is 1. The van der Waals surface area contributed by atoms with Gasteiger partial charge in [0.25, 0.3) is 11.8 Å². The number of methoxy groups -OCH3 is 2. The summed E-state index contributed by atoms with van der Waals surface area (Å²) in [7, 11) is 2.93. The summed E-state index contributed by atoms with van der Waals surface area (Å²) in [6.07, 6.45) is 0. The molecule has 0 saturated heterocycles. The van der Waals surface area contributed by atoms with Crippen molar-refractivity contribution >= 4 is 34.1 Å². The van der Waals surface area contributed by atoms with Crippen LogP contribution in [0.2, 0.25) is 0 Å². The highest BCUT2D eigenvalue weighted by Crippen LogP contribution is 2.31. The zero-order chi connectivity index (χ0) is 24.7. The first-order chi connectivity index (χ1) is 15.6. The fraction of sp³-hybridized carbons (Fsp3) is 0.391. The largest absolute Gasteiger partial charge is 0.497 e. The highest BCUT2D eigenvalue weighted by Gasteiger charge is 2.27. The van der Waals surface area contributed by atoms with E-state index in [1.165, 1.54) is 37.7 Å². The Kier molecular flexibility index (Phi) is 8.82. The van der Waals surface area contributed by atoms with Crippen LogP contribution in [0.1, 0.15) is 40.2 Å². The molecule has 0 bridgehead atoms. The van der Waals surface area contributed by atoms with E-state index in [-0.39, 0.29) is 11.5 Å². The SMILES string of the molecule is COc1cc(OC)cc(C(=O)N[C@H](C(=O)OCC(=O)Nc2sc(C)c(C)c2C#N)C(C)C)c1. The number of carbonyl (C=O) groups is 3. The Balaban J connectivity index is 2.04. The predicted molar refractivity (Wildman–Crippen MR) is 124 cm³/mol. The van der Waals surface area contributed by atoms with Crippen molar-refractivity contribution in [3.63, 3.8) is 0 Å². The number of benzene rings is 1. The molecule has 9 nitrogen and oxygen atoms in total. The van der Waals surface area contributed by atoms with Crippen molar-refractivity contribution in [3.8, 4) is 17.6 Å². The molecule has 0 saturated carbocycles. The molecule has 0 aliphatic carbocycles. The van der Waals surface area contributed by atoms with E-state index >= 15 is 0 Å². The van der Waals surface area contributed by atoms with Gasteiger partial charge >= 0.3 is 5.97 Å². The van der Waals surface area contributed by atoms with Crippen LogP contribution in [-0.2, 0) is 14.3 Å². The topological polar surface area (TPSA) is 127 Å². The molecule has 1 aromatic carbocycles. The third-order valence-corrected chi connectivity index (χ3v) is 6.04. The first-order valence-corrected chi connectivity index (χ1v) is 10.9. The average Bonchev–Trinajstić information content (AvgIpc) is 3.06. The van der Waals surface area contributed by atoms with Crippen LogP contribution in [0.25, 0.3) is 0 Å². The van der Waals surface area contributed by atoms with Gasteiger partial charge in [-0.2, -0.15) is 5.26 Å². The fourth-order valence-electron chi connectivity index (χ4n) is 2.90. The lowest BCUT2D eigenvalue weighted by Crippen LogP contribution is -2.46. The Morgan fingerprint density at radius 1 is 1.09 bits per heavy atom. The van der Waals surface area contributed by atoms with E-state index in [2.05, 4.69) is 16.7 Å². The summed E-state index contributed by atoms with van der Waals surface area (Å²) < 4.78 is 15.5. The molecule has 1 aromatic heterocycles. The second-order valence-electron chi connectivity index (χ2n) is 7.55. The van der Waals surface area contributed by atoms with E-state index < -0.39 is 30.4 Å². The van der Waals surface area contributed by atoms with Crippen LogP contribution in [0.5, 0.6) is 11.5 Å². The Morgan fingerprint density at radius 2 is 1.70 bits per heavy atom. The smallest absolute Gasteiger partial charge is 0.329 e. The number of rotatable bonds is 9. The molecule has 10 heteroatoms. The summed E-state index contributed by atoms with van der Waals surface area (Å²) in [5, 5.41) is 14.9. The van der Waals surface area contributed by atoms with Crippen molar-refractivity contribution in [1.82, 2.24) is 5.32 Å². The summed E-state index contributed by atoms with van der Waals surface area (Å²) >= 11 is 1.28. The molecule has 2 rings (SSSR count). The maximum Gasteiger partial charge on any atom is 0.329 e. The lowest BCUT2D eigenvalue weighted by Gasteiger charge is -2.21. The second kappa shape index (κ2) is 11.3. The predicted octanol–water partition coefficient (Wildman–Crippen LogP) is 3.19. The summed E-state index contributed by atoms with van der Waals surface area (Å²) in [4.78, 5) is 38.6. The number of amides is 2. The van der Waals surface area contributed by atoms with Gasteiger partial charge in [0.1, 0.15) is 28.6 Å². The summed E-state index contributed by atoms with van der Waals surface area (Å²) in [5.74, 6) is -1.29. The van der Waals surface area contributed by atoms with Crippen LogP contribution < -0.4 is 20.1 Å². The van der Waals surface area contributed by atoms with Gasteiger partial charge in [-0.15, -0.1) is 11.3 Å². The van der Waals surface area contributed by atoms with Gasteiger partial charge in [-0.3, -0.25) is 9.59 Å². The van der Waals surface area contributed by atoms with E-state index in [0.29, 0.717) is 22.1 Å². The number of carbonyl (C=O) groups excluding carboxylic acids is 3. The number of hydrogen-bond acceptors (Lipinski definition) is 8. The highest BCUT2D eigenvalue weighted by atomic mass is 32.1. The molecular formula is C23H27N3O6S. The van der Waals surface area contributed by atoms with Crippen LogP contribution >= 0.6 is 11.3 Å². The Morgan fingerprint density at radius 3 is 2.21 bits per heavy atom. The minimum absolute atomic E-state index is 0.245. The van der Waals surface area contributed by atoms with Gasteiger partial charge in [0, 0.05) is 16.5 Å². The molecule has 2 amide bonds. The number of esters is 1. The van der Waals surface area contributed by atoms with E-state index in [0.717, 1.165) is 10.4 Å². The third kappa shape index (κ3) is 6.46. The molecule has 0 aliphatic rings. The third-order valence-electron chi connectivity index (χ3n) is 4.92. The molecule has 0 spiro atoms. The maximum atomic E-state index is 12.7. The van der Waals surface area contributed by atoms with E-state index in [4.69, 9.17) is 14.2 Å². The lowest BCUT2D eigenvalue weighted by atomic mass is 10.0. The maximum absolute atomic E-state index is 12.7. The van der Waals surface area contributed by atoms with Crippen LogP contribution in [0.15, 0.2) is 18.2 Å². The standard InChI is InChI=1S/C23H27N3O6S/c1-12(2)20(26-21(28)15-7-16(30-5)9-17(8-15)31-6)23(29)32-11-19(27)25-22-18(10-24)13(3)14(4)33-22/h7-9,12,20H,11H2,1-6H3,(H,25,27)(H,26,28)/t20-/m0/s1. The molecule has 1 atom stereocenters. The van der Waals surface area contributed by atoms with Gasteiger partial charge in [0.2, 0.25) is 0 Å².